The number of ether oxygens (including phenoxy) is 2. The number of amides is 3. The molecule has 3 N–H and O–H groups in total. The number of morpholine rings is 1. The highest BCUT2D eigenvalue weighted by Crippen LogP contribution is 2.29. The number of Topliss-reactive ketones (excluding diaryl/α,β-unsaturated/α-hetero) is 1. The van der Waals surface area contributed by atoms with Gasteiger partial charge in [-0.15, -0.1) is 0 Å². The van der Waals surface area contributed by atoms with Gasteiger partial charge in [-0.3, -0.25) is 29.1 Å². The van der Waals surface area contributed by atoms with Crippen LogP contribution in [0.3, 0.4) is 0 Å². The monoisotopic (exact) mass is 688 g/mol. The van der Waals surface area contributed by atoms with Gasteiger partial charge in [-0.05, 0) is 55.4 Å². The third kappa shape index (κ3) is 10.3. The van der Waals surface area contributed by atoms with Crippen LogP contribution >= 0.6 is 0 Å². The highest BCUT2D eigenvalue weighted by Gasteiger charge is 2.45. The molecule has 3 amide bonds. The van der Waals surface area contributed by atoms with Crippen LogP contribution in [0.25, 0.3) is 0 Å². The number of aromatic nitrogens is 2. The molecular formula is C37H48N6O7. The van der Waals surface area contributed by atoms with Crippen LogP contribution in [-0.4, -0.2) is 95.2 Å². The first-order valence-corrected chi connectivity index (χ1v) is 17.4. The van der Waals surface area contributed by atoms with Gasteiger partial charge in [0.05, 0.1) is 32.4 Å². The van der Waals surface area contributed by atoms with Crippen molar-refractivity contribution in [2.24, 2.45) is 5.92 Å². The van der Waals surface area contributed by atoms with Crippen LogP contribution in [0.2, 0.25) is 0 Å². The molecule has 2 fully saturated rings. The van der Waals surface area contributed by atoms with Crippen LogP contribution in [0.15, 0.2) is 65.4 Å². The lowest BCUT2D eigenvalue weighted by Gasteiger charge is -2.40. The van der Waals surface area contributed by atoms with Gasteiger partial charge >= 0.3 is 0 Å². The van der Waals surface area contributed by atoms with Crippen molar-refractivity contribution in [1.29, 1.82) is 0 Å². The van der Waals surface area contributed by atoms with Crippen molar-refractivity contribution >= 4 is 23.5 Å². The molecule has 268 valence electrons. The average molecular weight is 689 g/mol. The van der Waals surface area contributed by atoms with Crippen LogP contribution in [0.1, 0.15) is 67.4 Å². The summed E-state index contributed by atoms with van der Waals surface area (Å²) in [7, 11) is 0. The van der Waals surface area contributed by atoms with E-state index in [1.807, 2.05) is 44.2 Å². The molecule has 13 heteroatoms. The fraction of sp³-hybridized carbons (Fsp3) is 0.514. The molecule has 3 aromatic rings. The lowest BCUT2D eigenvalue weighted by molar-refractivity contribution is -0.171. The predicted molar refractivity (Wildman–Crippen MR) is 184 cm³/mol. The number of hydrogen-bond donors (Lipinski definition) is 3. The fourth-order valence-electron chi connectivity index (χ4n) is 6.11. The highest BCUT2D eigenvalue weighted by atomic mass is 16.5. The molecular weight excluding hydrogens is 640 g/mol. The zero-order valence-electron chi connectivity index (χ0n) is 29.1. The average Bonchev–Trinajstić information content (AvgIpc) is 3.57. The largest absolute Gasteiger partial charge is 0.379 e. The molecule has 0 aliphatic carbocycles. The van der Waals surface area contributed by atoms with Gasteiger partial charge in [-0.1, -0.05) is 49.3 Å². The molecule has 2 aliphatic heterocycles. The third-order valence-corrected chi connectivity index (χ3v) is 9.14. The second-order valence-electron chi connectivity index (χ2n) is 13.6. The number of aryl methyl sites for hydroxylation is 1. The first-order chi connectivity index (χ1) is 24.1. The Labute approximate surface area is 292 Å². The van der Waals surface area contributed by atoms with Gasteiger partial charge in [0.1, 0.15) is 17.7 Å². The molecule has 0 radical (unpaired) electrons. The first-order valence-electron chi connectivity index (χ1n) is 17.4. The van der Waals surface area contributed by atoms with E-state index < -0.39 is 41.4 Å². The number of rotatable bonds is 17. The maximum absolute atomic E-state index is 14.0. The van der Waals surface area contributed by atoms with Crippen molar-refractivity contribution in [2.45, 2.75) is 83.1 Å². The number of benzene rings is 1. The highest BCUT2D eigenvalue weighted by molar-refractivity contribution is 5.99. The lowest BCUT2D eigenvalue weighted by Crippen LogP contribution is -2.60. The Kier molecular flexibility index (Phi) is 12.9. The van der Waals surface area contributed by atoms with Gasteiger partial charge in [-0.2, -0.15) is 0 Å². The number of carbonyl (C=O) groups is 4. The number of ketones is 1. The van der Waals surface area contributed by atoms with E-state index in [-0.39, 0.29) is 30.2 Å². The number of nitrogens with zero attached hydrogens (tertiary/aromatic N) is 3. The Hall–Kier alpha value is -4.46. The first kappa shape index (κ1) is 36.8. The van der Waals surface area contributed by atoms with Crippen molar-refractivity contribution < 1.29 is 33.2 Å². The minimum atomic E-state index is -1.05. The second kappa shape index (κ2) is 17.5. The number of nitrogens with one attached hydrogen (secondary N) is 3. The fourth-order valence-corrected chi connectivity index (χ4v) is 6.11. The van der Waals surface area contributed by atoms with Crippen molar-refractivity contribution in [2.75, 3.05) is 32.9 Å². The molecule has 1 unspecified atom stereocenters. The summed E-state index contributed by atoms with van der Waals surface area (Å²) in [6, 6.07) is 11.9. The van der Waals surface area contributed by atoms with E-state index in [1.165, 1.54) is 0 Å². The smallest absolute Gasteiger partial charge is 0.274 e. The maximum Gasteiger partial charge on any atom is 0.274 e. The van der Waals surface area contributed by atoms with Crippen molar-refractivity contribution in [1.82, 2.24) is 31.0 Å². The van der Waals surface area contributed by atoms with Crippen LogP contribution in [-0.2, 0) is 43.2 Å². The van der Waals surface area contributed by atoms with E-state index in [0.29, 0.717) is 51.4 Å². The molecule has 13 nitrogen and oxygen atoms in total. The standard InChI is InChI=1S/C37H48N6O7/c1-25(2)21-30(33(44)37(3)13-18-49-37)40-35(46)31(22-27-11-14-38-15-12-27)41-34(45)29(10-9-26-7-5-4-6-8-26)39-36(47)32-23-28(50-42-32)24-43-16-19-48-20-17-43/h4-8,11-12,14-15,23,25,29-31H,9-10,13,16-22,24H2,1-3H3,(H,39,47)(H,40,46)(H,41,45)/t29-,30-,31-,37?/m0/s1. The zero-order chi connectivity index (χ0) is 35.5. The summed E-state index contributed by atoms with van der Waals surface area (Å²) in [6.45, 7) is 9.43. The van der Waals surface area contributed by atoms with E-state index in [2.05, 4.69) is 31.0 Å². The number of pyridine rings is 1. The molecule has 4 heterocycles. The number of carbonyl (C=O) groups excluding carboxylic acids is 4. The zero-order valence-corrected chi connectivity index (χ0v) is 29.1. The summed E-state index contributed by atoms with van der Waals surface area (Å²) < 4.78 is 16.5. The van der Waals surface area contributed by atoms with Crippen molar-refractivity contribution in [3.05, 3.63) is 83.5 Å². The predicted octanol–water partition coefficient (Wildman–Crippen LogP) is 2.64. The Balaban J connectivity index is 1.33. The number of hydrogen-bond acceptors (Lipinski definition) is 10. The Bertz CT molecular complexity index is 1570. The van der Waals surface area contributed by atoms with E-state index in [1.54, 1.807) is 37.5 Å². The summed E-state index contributed by atoms with van der Waals surface area (Å²) in [6.07, 6.45) is 5.11. The van der Waals surface area contributed by atoms with Crippen LogP contribution in [0.5, 0.6) is 0 Å². The van der Waals surface area contributed by atoms with Crippen molar-refractivity contribution in [3.63, 3.8) is 0 Å². The van der Waals surface area contributed by atoms with Gasteiger partial charge in [-0.25, -0.2) is 0 Å². The topological polar surface area (TPSA) is 165 Å². The molecule has 1 aromatic carbocycles. The van der Waals surface area contributed by atoms with Gasteiger partial charge in [0.25, 0.3) is 5.91 Å². The van der Waals surface area contributed by atoms with Gasteiger partial charge in [0.15, 0.2) is 17.2 Å². The summed E-state index contributed by atoms with van der Waals surface area (Å²) in [4.78, 5) is 61.2. The SMILES string of the molecule is CC(C)C[C@H](NC(=O)[C@H](Cc1ccncc1)NC(=O)[C@H](CCc1ccccc1)NC(=O)c1cc(CN2CCOCC2)on1)C(=O)C1(C)CCO1. The van der Waals surface area contributed by atoms with E-state index in [9.17, 15) is 19.2 Å². The normalized spacial score (nSPS) is 19.5. The Morgan fingerprint density at radius 1 is 0.880 bits per heavy atom. The van der Waals surface area contributed by atoms with Crippen LogP contribution in [0, 0.1) is 5.92 Å². The third-order valence-electron chi connectivity index (χ3n) is 9.14. The molecule has 0 spiro atoms. The Morgan fingerprint density at radius 2 is 1.56 bits per heavy atom. The Morgan fingerprint density at radius 3 is 2.22 bits per heavy atom. The van der Waals surface area contributed by atoms with E-state index in [0.717, 1.165) is 24.2 Å². The molecule has 4 atom stereocenters. The molecule has 2 aliphatic rings. The van der Waals surface area contributed by atoms with Gasteiger partial charge in [0, 0.05) is 44.4 Å². The summed E-state index contributed by atoms with van der Waals surface area (Å²) in [5, 5.41) is 12.6. The minimum absolute atomic E-state index is 0.0543. The molecule has 2 aromatic heterocycles. The van der Waals surface area contributed by atoms with Gasteiger partial charge in [0.2, 0.25) is 11.8 Å². The van der Waals surface area contributed by atoms with E-state index >= 15 is 0 Å². The summed E-state index contributed by atoms with van der Waals surface area (Å²) in [5.74, 6) is -1.15. The molecule has 0 saturated carbocycles. The quantitative estimate of drug-likeness (QED) is 0.192. The van der Waals surface area contributed by atoms with E-state index in [4.69, 9.17) is 14.0 Å². The van der Waals surface area contributed by atoms with Crippen LogP contribution < -0.4 is 16.0 Å². The second-order valence-corrected chi connectivity index (χ2v) is 13.6. The molecule has 5 rings (SSSR count). The lowest BCUT2D eigenvalue weighted by atomic mass is 9.85. The maximum atomic E-state index is 14.0. The molecule has 50 heavy (non-hydrogen) atoms. The van der Waals surface area contributed by atoms with Crippen molar-refractivity contribution in [3.8, 4) is 0 Å². The van der Waals surface area contributed by atoms with Crippen LogP contribution in [0.4, 0.5) is 0 Å². The van der Waals surface area contributed by atoms with Gasteiger partial charge < -0.3 is 29.9 Å². The minimum Gasteiger partial charge on any atom is -0.379 e. The summed E-state index contributed by atoms with van der Waals surface area (Å²) in [5.41, 5.74) is 0.856. The summed E-state index contributed by atoms with van der Waals surface area (Å²) >= 11 is 0. The molecule has 0 bridgehead atoms. The molecule has 2 saturated heterocycles.